The Kier molecular flexibility index (Phi) is 44.2. The van der Waals surface area contributed by atoms with Gasteiger partial charge in [-0.2, -0.15) is 0 Å². The Morgan fingerprint density at radius 2 is 1.42 bits per heavy atom. The number of aliphatic hydroxyl groups excluding tert-OH is 2. The maximum absolute atomic E-state index is 8.21. The van der Waals surface area contributed by atoms with Gasteiger partial charge < -0.3 is 24.4 Å². The third kappa shape index (κ3) is 43.5. The van der Waals surface area contributed by atoms with Crippen molar-refractivity contribution in [1.82, 2.24) is 0 Å². The zero-order chi connectivity index (χ0) is 21.1. The summed E-state index contributed by atoms with van der Waals surface area (Å²) in [5.74, 6) is 0. The fraction of sp³-hybridized carbons (Fsp3) is 0.714. The van der Waals surface area contributed by atoms with Crippen LogP contribution < -0.4 is 0 Å². The van der Waals surface area contributed by atoms with E-state index in [2.05, 4.69) is 35.5 Å². The first-order valence-corrected chi connectivity index (χ1v) is 9.27. The van der Waals surface area contributed by atoms with E-state index in [1.807, 2.05) is 32.0 Å². The molecule has 1 rings (SSSR count). The van der Waals surface area contributed by atoms with Crippen LogP contribution >= 0.6 is 0 Å². The van der Waals surface area contributed by atoms with Crippen LogP contribution in [-0.4, -0.2) is 64.1 Å². The average molecular weight is 377 g/mol. The zero-order valence-corrected chi connectivity index (χ0v) is 18.3. The van der Waals surface area contributed by atoms with Gasteiger partial charge >= 0.3 is 0 Å². The van der Waals surface area contributed by atoms with Gasteiger partial charge in [0.05, 0.1) is 12.7 Å². The number of hydrogen-bond acceptors (Lipinski definition) is 5. The molecule has 0 aliphatic carbocycles. The first kappa shape index (κ1) is 32.7. The number of rotatable bonds is 7. The summed E-state index contributed by atoms with van der Waals surface area (Å²) in [5, 5.41) is 16.3. The lowest BCUT2D eigenvalue weighted by Crippen LogP contribution is -2.08. The van der Waals surface area contributed by atoms with Crippen LogP contribution in [0, 0.1) is 6.92 Å². The topological polar surface area (TPSA) is 68.2 Å². The highest BCUT2D eigenvalue weighted by Gasteiger charge is 1.90. The molecule has 5 heteroatoms. The molecule has 0 spiro atoms. The smallest absolute Gasteiger partial charge is 0.0773 e. The van der Waals surface area contributed by atoms with E-state index in [0.717, 1.165) is 19.4 Å². The van der Waals surface area contributed by atoms with Gasteiger partial charge in [0, 0.05) is 41.2 Å². The molecule has 2 N–H and O–H groups in total. The average Bonchev–Trinajstić information content (AvgIpc) is 2.70. The van der Waals surface area contributed by atoms with Gasteiger partial charge in [0.1, 0.15) is 0 Å². The Morgan fingerprint density at radius 1 is 0.923 bits per heavy atom. The molecule has 0 aliphatic heterocycles. The maximum Gasteiger partial charge on any atom is 0.0773 e. The molecule has 0 fully saturated rings. The largest absolute Gasteiger partial charge is 0.396 e. The third-order valence-electron chi connectivity index (χ3n) is 2.51. The van der Waals surface area contributed by atoms with Crippen molar-refractivity contribution in [1.29, 1.82) is 0 Å². The molecule has 0 aliphatic rings. The van der Waals surface area contributed by atoms with Gasteiger partial charge in [-0.05, 0) is 26.7 Å². The monoisotopic (exact) mass is 376 g/mol. The van der Waals surface area contributed by atoms with Gasteiger partial charge in [0.2, 0.25) is 0 Å². The number of aryl methyl sites for hydroxylation is 1. The molecule has 0 saturated heterocycles. The van der Waals surface area contributed by atoms with Gasteiger partial charge in [-0.1, -0.05) is 56.7 Å². The number of ether oxygens (including phenoxy) is 3. The summed E-state index contributed by atoms with van der Waals surface area (Å²) in [4.78, 5) is 0. The van der Waals surface area contributed by atoms with E-state index in [-0.39, 0.29) is 19.3 Å². The fourth-order valence-corrected chi connectivity index (χ4v) is 1.02. The maximum atomic E-state index is 8.21. The number of methoxy groups -OCH3 is 3. The van der Waals surface area contributed by atoms with Crippen LogP contribution in [0.1, 0.15) is 46.1 Å². The second-order valence-electron chi connectivity index (χ2n) is 4.95. The van der Waals surface area contributed by atoms with Gasteiger partial charge in [-0.3, -0.25) is 0 Å². The van der Waals surface area contributed by atoms with E-state index in [4.69, 9.17) is 14.9 Å². The number of hydrogen-bond donors (Lipinski definition) is 2. The molecular formula is C21H44O5. The van der Waals surface area contributed by atoms with Crippen LogP contribution in [0.25, 0.3) is 0 Å². The molecule has 5 nitrogen and oxygen atoms in total. The first-order chi connectivity index (χ1) is 12.5. The Balaban J connectivity index is -0.000000121. The Bertz CT molecular complexity index is 284. The van der Waals surface area contributed by atoms with Crippen LogP contribution in [0.4, 0.5) is 0 Å². The Hall–Kier alpha value is -0.980. The van der Waals surface area contributed by atoms with Crippen molar-refractivity contribution in [3.63, 3.8) is 0 Å². The van der Waals surface area contributed by atoms with Crippen molar-refractivity contribution in [2.45, 2.75) is 53.6 Å². The van der Waals surface area contributed by atoms with Gasteiger partial charge in [-0.15, -0.1) is 0 Å². The Labute approximate surface area is 162 Å². The molecule has 0 amide bonds. The van der Waals surface area contributed by atoms with Crippen molar-refractivity contribution in [2.75, 3.05) is 47.8 Å². The lowest BCUT2D eigenvalue weighted by Gasteiger charge is -2.00. The first-order valence-electron chi connectivity index (χ1n) is 9.27. The quantitative estimate of drug-likeness (QED) is 0.702. The number of benzene rings is 1. The summed E-state index contributed by atoms with van der Waals surface area (Å²) in [6, 6.07) is 10.3. The highest BCUT2D eigenvalue weighted by Crippen LogP contribution is 1.92. The standard InChI is InChI=1S/C7H8.2C4H10O2.C4H10O.C2H6/c1-7-5-3-2-4-6-7;1-4(3-5)6-2;1-6-4-2-3-5;1-3-4-5-2;1-2/h2-6H,1H3;4-5H,3H2,1-2H3;5H,2-4H2,1H3;3-4H2,1-2H3;1-2H3. The summed E-state index contributed by atoms with van der Waals surface area (Å²) in [5.41, 5.74) is 1.32. The molecular weight excluding hydrogens is 332 g/mol. The van der Waals surface area contributed by atoms with E-state index < -0.39 is 0 Å². The summed E-state index contributed by atoms with van der Waals surface area (Å²) < 4.78 is 14.0. The van der Waals surface area contributed by atoms with E-state index in [0.29, 0.717) is 6.61 Å². The normalized spacial score (nSPS) is 9.62. The minimum atomic E-state index is -0.00926. The van der Waals surface area contributed by atoms with Crippen molar-refractivity contribution in [3.8, 4) is 0 Å². The molecule has 1 aromatic rings. The predicted octanol–water partition coefficient (Wildman–Crippen LogP) is 4.09. The molecule has 1 aromatic carbocycles. The van der Waals surface area contributed by atoms with Crippen molar-refractivity contribution in [2.24, 2.45) is 0 Å². The van der Waals surface area contributed by atoms with E-state index in [1.165, 1.54) is 5.56 Å². The lowest BCUT2D eigenvalue weighted by molar-refractivity contribution is 0.0623. The highest BCUT2D eigenvalue weighted by molar-refractivity contribution is 5.11. The molecule has 158 valence electrons. The minimum absolute atomic E-state index is 0.00926. The zero-order valence-electron chi connectivity index (χ0n) is 18.3. The van der Waals surface area contributed by atoms with E-state index in [9.17, 15) is 0 Å². The fourth-order valence-electron chi connectivity index (χ4n) is 1.02. The van der Waals surface area contributed by atoms with Gasteiger partial charge in [0.25, 0.3) is 0 Å². The molecule has 0 saturated carbocycles. The third-order valence-corrected chi connectivity index (χ3v) is 2.51. The van der Waals surface area contributed by atoms with Crippen LogP contribution in [0.2, 0.25) is 0 Å². The molecule has 26 heavy (non-hydrogen) atoms. The van der Waals surface area contributed by atoms with Crippen LogP contribution in [0.3, 0.4) is 0 Å². The van der Waals surface area contributed by atoms with E-state index in [1.54, 1.807) is 28.3 Å². The van der Waals surface area contributed by atoms with Crippen molar-refractivity contribution in [3.05, 3.63) is 35.9 Å². The van der Waals surface area contributed by atoms with Crippen LogP contribution in [0.15, 0.2) is 30.3 Å². The molecule has 0 heterocycles. The second kappa shape index (κ2) is 35.2. The molecule has 0 bridgehead atoms. The highest BCUT2D eigenvalue weighted by atomic mass is 16.5. The lowest BCUT2D eigenvalue weighted by atomic mass is 10.2. The minimum Gasteiger partial charge on any atom is -0.396 e. The van der Waals surface area contributed by atoms with Crippen LogP contribution in [0.5, 0.6) is 0 Å². The molecule has 1 unspecified atom stereocenters. The summed E-state index contributed by atoms with van der Waals surface area (Å²) in [6.45, 7) is 11.9. The van der Waals surface area contributed by atoms with Crippen molar-refractivity contribution < 1.29 is 24.4 Å². The van der Waals surface area contributed by atoms with E-state index >= 15 is 0 Å². The SMILES string of the molecule is CC.CCCOC.COC(C)CO.COCCCO.Cc1ccccc1. The van der Waals surface area contributed by atoms with Gasteiger partial charge in [-0.25, -0.2) is 0 Å². The second-order valence-corrected chi connectivity index (χ2v) is 4.95. The Morgan fingerprint density at radius 3 is 1.54 bits per heavy atom. The number of aliphatic hydroxyl groups is 2. The molecule has 0 radical (unpaired) electrons. The van der Waals surface area contributed by atoms with Crippen LogP contribution in [-0.2, 0) is 14.2 Å². The molecule has 0 aromatic heterocycles. The summed E-state index contributed by atoms with van der Waals surface area (Å²) >= 11 is 0. The molecule has 1 atom stereocenters. The van der Waals surface area contributed by atoms with Crippen molar-refractivity contribution >= 4 is 0 Å². The predicted molar refractivity (Wildman–Crippen MR) is 112 cm³/mol. The van der Waals surface area contributed by atoms with Gasteiger partial charge in [0.15, 0.2) is 0 Å². The summed E-state index contributed by atoms with van der Waals surface area (Å²) in [7, 11) is 4.90. The summed E-state index contributed by atoms with van der Waals surface area (Å²) in [6.07, 6.45) is 1.86.